The Morgan fingerprint density at radius 1 is 1.09 bits per heavy atom. The minimum atomic E-state index is -0.273. The number of nitrogens with zero attached hydrogens (tertiary/aromatic N) is 2. The standard InChI is InChI=1S/C17H25N3O2/c1-3-5-11-19-14-9-7-8-10-15(14)20(17(19)18)13-16(21)22-12-6-4-2/h7-10,18H,3-6,11-13H2,1-2H3. The van der Waals surface area contributed by atoms with Gasteiger partial charge in [0.25, 0.3) is 0 Å². The number of hydrogen-bond acceptors (Lipinski definition) is 3. The van der Waals surface area contributed by atoms with Crippen molar-refractivity contribution < 1.29 is 9.53 Å². The maximum Gasteiger partial charge on any atom is 0.326 e. The summed E-state index contributed by atoms with van der Waals surface area (Å²) < 4.78 is 8.93. The fourth-order valence-electron chi connectivity index (χ4n) is 2.50. The molecule has 22 heavy (non-hydrogen) atoms. The summed E-state index contributed by atoms with van der Waals surface area (Å²) in [5, 5.41) is 8.38. The van der Waals surface area contributed by atoms with Crippen LogP contribution in [0.1, 0.15) is 39.5 Å². The number of hydrogen-bond donors (Lipinski definition) is 1. The number of aromatic nitrogens is 2. The highest BCUT2D eigenvalue weighted by molar-refractivity contribution is 5.78. The number of imidazole rings is 1. The molecule has 1 aromatic carbocycles. The lowest BCUT2D eigenvalue weighted by Crippen LogP contribution is -2.28. The van der Waals surface area contributed by atoms with Crippen molar-refractivity contribution in [2.24, 2.45) is 0 Å². The second kappa shape index (κ2) is 7.82. The van der Waals surface area contributed by atoms with Gasteiger partial charge in [0, 0.05) is 6.54 Å². The number of nitrogens with one attached hydrogen (secondary N) is 1. The van der Waals surface area contributed by atoms with Gasteiger partial charge in [0.05, 0.1) is 17.6 Å². The Kier molecular flexibility index (Phi) is 5.81. The van der Waals surface area contributed by atoms with E-state index >= 15 is 0 Å². The lowest BCUT2D eigenvalue weighted by atomic mass is 10.3. The van der Waals surface area contributed by atoms with Gasteiger partial charge in [0.1, 0.15) is 6.54 Å². The van der Waals surface area contributed by atoms with E-state index in [9.17, 15) is 4.79 Å². The van der Waals surface area contributed by atoms with Crippen LogP contribution in [0.2, 0.25) is 0 Å². The van der Waals surface area contributed by atoms with Crippen LogP contribution in [-0.4, -0.2) is 21.7 Å². The first-order valence-corrected chi connectivity index (χ1v) is 8.07. The van der Waals surface area contributed by atoms with E-state index in [0.29, 0.717) is 12.2 Å². The minimum Gasteiger partial charge on any atom is -0.464 e. The highest BCUT2D eigenvalue weighted by Gasteiger charge is 2.13. The zero-order valence-corrected chi connectivity index (χ0v) is 13.5. The monoisotopic (exact) mass is 303 g/mol. The molecule has 0 aliphatic rings. The third-order valence-corrected chi connectivity index (χ3v) is 3.76. The smallest absolute Gasteiger partial charge is 0.326 e. The zero-order valence-electron chi connectivity index (χ0n) is 13.5. The number of unbranched alkanes of at least 4 members (excludes halogenated alkanes) is 2. The molecule has 120 valence electrons. The molecule has 0 aliphatic heterocycles. The molecule has 1 N–H and O–H groups in total. The van der Waals surface area contributed by atoms with Crippen molar-refractivity contribution in [3.8, 4) is 0 Å². The Morgan fingerprint density at radius 2 is 1.73 bits per heavy atom. The van der Waals surface area contributed by atoms with Gasteiger partial charge in [-0.25, -0.2) is 0 Å². The van der Waals surface area contributed by atoms with E-state index in [1.807, 2.05) is 28.8 Å². The minimum absolute atomic E-state index is 0.0994. The molecule has 0 amide bonds. The Hall–Kier alpha value is -2.04. The lowest BCUT2D eigenvalue weighted by molar-refractivity contribution is -0.144. The normalized spacial score (nSPS) is 11.0. The van der Waals surface area contributed by atoms with Crippen LogP contribution in [0.25, 0.3) is 11.0 Å². The van der Waals surface area contributed by atoms with Crippen LogP contribution in [0, 0.1) is 5.41 Å². The molecule has 0 bridgehead atoms. The molecule has 2 rings (SSSR count). The molecule has 0 saturated heterocycles. The summed E-state index contributed by atoms with van der Waals surface area (Å²) >= 11 is 0. The third-order valence-electron chi connectivity index (χ3n) is 3.76. The Morgan fingerprint density at radius 3 is 2.36 bits per heavy atom. The van der Waals surface area contributed by atoms with Gasteiger partial charge in [-0.15, -0.1) is 0 Å². The largest absolute Gasteiger partial charge is 0.464 e. The lowest BCUT2D eigenvalue weighted by Gasteiger charge is -2.06. The molecule has 0 saturated carbocycles. The Labute approximate surface area is 131 Å². The van der Waals surface area contributed by atoms with Gasteiger partial charge in [-0.1, -0.05) is 38.8 Å². The number of carbonyl (C=O) groups is 1. The van der Waals surface area contributed by atoms with Crippen LogP contribution < -0.4 is 5.62 Å². The third kappa shape index (κ3) is 3.59. The number of carbonyl (C=O) groups excluding carboxylic acids is 1. The van der Waals surface area contributed by atoms with E-state index in [4.69, 9.17) is 10.1 Å². The summed E-state index contributed by atoms with van der Waals surface area (Å²) in [5.74, 6) is -0.273. The van der Waals surface area contributed by atoms with Crippen molar-refractivity contribution in [3.63, 3.8) is 0 Å². The number of ether oxygens (including phenoxy) is 1. The van der Waals surface area contributed by atoms with Gasteiger partial charge in [-0.05, 0) is 25.0 Å². The summed E-state index contributed by atoms with van der Waals surface area (Å²) in [6.07, 6.45) is 3.97. The van der Waals surface area contributed by atoms with E-state index < -0.39 is 0 Å². The topological polar surface area (TPSA) is 60.0 Å². The van der Waals surface area contributed by atoms with E-state index in [2.05, 4.69) is 13.8 Å². The molecular weight excluding hydrogens is 278 g/mol. The molecule has 0 aliphatic carbocycles. The second-order valence-electron chi connectivity index (χ2n) is 5.48. The Bertz CT molecular complexity index is 685. The van der Waals surface area contributed by atoms with Gasteiger partial charge < -0.3 is 9.30 Å². The van der Waals surface area contributed by atoms with Crippen LogP contribution in [0.5, 0.6) is 0 Å². The Balaban J connectivity index is 2.27. The zero-order chi connectivity index (χ0) is 15.9. The van der Waals surface area contributed by atoms with Crippen molar-refractivity contribution in [2.45, 2.75) is 52.6 Å². The van der Waals surface area contributed by atoms with Crippen LogP contribution in [-0.2, 0) is 22.6 Å². The molecule has 5 heteroatoms. The summed E-state index contributed by atoms with van der Waals surface area (Å²) in [5.41, 5.74) is 2.28. The van der Waals surface area contributed by atoms with E-state index in [1.54, 1.807) is 4.57 Å². The molecule has 1 aromatic heterocycles. The molecule has 0 unspecified atom stereocenters. The summed E-state index contributed by atoms with van der Waals surface area (Å²) in [6, 6.07) is 7.86. The van der Waals surface area contributed by atoms with Crippen LogP contribution in [0.4, 0.5) is 0 Å². The van der Waals surface area contributed by atoms with Gasteiger partial charge in [-0.3, -0.25) is 14.8 Å². The molecule has 0 fully saturated rings. The number of fused-ring (bicyclic) bond motifs is 1. The van der Waals surface area contributed by atoms with Gasteiger partial charge in [0.15, 0.2) is 0 Å². The van der Waals surface area contributed by atoms with Crippen LogP contribution in [0.15, 0.2) is 24.3 Å². The second-order valence-corrected chi connectivity index (χ2v) is 5.48. The molecule has 5 nitrogen and oxygen atoms in total. The summed E-state index contributed by atoms with van der Waals surface area (Å²) in [7, 11) is 0. The fourth-order valence-corrected chi connectivity index (χ4v) is 2.50. The first kappa shape index (κ1) is 16.3. The number of benzene rings is 1. The first-order chi connectivity index (χ1) is 10.7. The predicted molar refractivity (Wildman–Crippen MR) is 86.6 cm³/mol. The quantitative estimate of drug-likeness (QED) is 0.602. The van der Waals surface area contributed by atoms with Gasteiger partial charge in [-0.2, -0.15) is 0 Å². The molecule has 0 spiro atoms. The van der Waals surface area contributed by atoms with Crippen molar-refractivity contribution in [1.29, 1.82) is 5.41 Å². The van der Waals surface area contributed by atoms with Gasteiger partial charge in [0.2, 0.25) is 5.62 Å². The first-order valence-electron chi connectivity index (χ1n) is 8.07. The van der Waals surface area contributed by atoms with Gasteiger partial charge >= 0.3 is 5.97 Å². The molecule has 0 radical (unpaired) electrons. The van der Waals surface area contributed by atoms with Crippen LogP contribution >= 0.6 is 0 Å². The van der Waals surface area contributed by atoms with Crippen LogP contribution in [0.3, 0.4) is 0 Å². The van der Waals surface area contributed by atoms with Crippen molar-refractivity contribution in [2.75, 3.05) is 6.61 Å². The number of para-hydroxylation sites is 2. The van der Waals surface area contributed by atoms with E-state index in [0.717, 1.165) is 43.3 Å². The van der Waals surface area contributed by atoms with E-state index in [1.165, 1.54) is 0 Å². The highest BCUT2D eigenvalue weighted by atomic mass is 16.5. The summed E-state index contributed by atoms with van der Waals surface area (Å²) in [4.78, 5) is 12.0. The SMILES string of the molecule is CCCCOC(=O)Cn1c(=N)n(CCCC)c2ccccc21. The molecule has 0 atom stereocenters. The molecule has 1 heterocycles. The molecule has 2 aromatic rings. The van der Waals surface area contributed by atoms with Crippen molar-refractivity contribution in [1.82, 2.24) is 9.13 Å². The average Bonchev–Trinajstić information content (AvgIpc) is 2.78. The number of esters is 1. The van der Waals surface area contributed by atoms with E-state index in [-0.39, 0.29) is 12.5 Å². The maximum absolute atomic E-state index is 12.0. The highest BCUT2D eigenvalue weighted by Crippen LogP contribution is 2.13. The number of rotatable bonds is 8. The maximum atomic E-state index is 12.0. The number of aryl methyl sites for hydroxylation is 1. The fraction of sp³-hybridized carbons (Fsp3) is 0.529. The van der Waals surface area contributed by atoms with Crippen molar-refractivity contribution in [3.05, 3.63) is 29.9 Å². The van der Waals surface area contributed by atoms with Crippen molar-refractivity contribution >= 4 is 17.0 Å². The summed E-state index contributed by atoms with van der Waals surface area (Å²) in [6.45, 7) is 5.55. The molecular formula is C17H25N3O2. The predicted octanol–water partition coefficient (Wildman–Crippen LogP) is 3.07. The average molecular weight is 303 g/mol.